The number of nitrogen functional groups attached to an aromatic ring is 1. The monoisotopic (exact) mass is 234 g/mol. The molecule has 18 heavy (non-hydrogen) atoms. The molecule has 0 amide bonds. The minimum Gasteiger partial charge on any atom is -0.383 e. The van der Waals surface area contributed by atoms with Gasteiger partial charge in [-0.3, -0.25) is 4.98 Å². The summed E-state index contributed by atoms with van der Waals surface area (Å²) in [6, 6.07) is 9.75. The number of rotatable bonds is 1. The van der Waals surface area contributed by atoms with Gasteiger partial charge < -0.3 is 5.73 Å². The second-order valence-electron chi connectivity index (χ2n) is 4.19. The second kappa shape index (κ2) is 4.11. The Hall–Kier alpha value is -2.43. The Bertz CT molecular complexity index is 713. The highest BCUT2D eigenvalue weighted by Gasteiger charge is 2.07. The molecule has 86 valence electrons. The third-order valence-corrected chi connectivity index (χ3v) is 2.80. The predicted molar refractivity (Wildman–Crippen MR) is 75.4 cm³/mol. The van der Waals surface area contributed by atoms with Crippen LogP contribution in [0.3, 0.4) is 0 Å². The van der Waals surface area contributed by atoms with E-state index < -0.39 is 0 Å². The first kappa shape index (κ1) is 10.7. The molecule has 2 N–H and O–H groups in total. The van der Waals surface area contributed by atoms with Gasteiger partial charge in [-0.25, -0.2) is 9.97 Å². The predicted octanol–water partition coefficient (Wildman–Crippen LogP) is 0.532. The number of pyridine rings is 1. The number of nitrogens with two attached hydrogens (primary N) is 1. The molecule has 1 aromatic carbocycles. The molecule has 4 nitrogen and oxygen atoms in total. The molecular formula is C13H11BN4. The molecule has 5 heteroatoms. The van der Waals surface area contributed by atoms with Crippen molar-refractivity contribution in [2.75, 3.05) is 5.73 Å². The van der Waals surface area contributed by atoms with Crippen molar-refractivity contribution < 1.29 is 0 Å². The van der Waals surface area contributed by atoms with Crippen molar-refractivity contribution in [1.82, 2.24) is 15.0 Å². The van der Waals surface area contributed by atoms with Gasteiger partial charge in [0.2, 0.25) is 0 Å². The zero-order valence-electron chi connectivity index (χ0n) is 9.96. The number of benzene rings is 1. The molecule has 0 atom stereocenters. The molecule has 0 bridgehead atoms. The summed E-state index contributed by atoms with van der Waals surface area (Å²) < 4.78 is 0. The number of hydrogen-bond acceptors (Lipinski definition) is 4. The van der Waals surface area contributed by atoms with Gasteiger partial charge in [0, 0.05) is 23.3 Å². The maximum Gasteiger partial charge on any atom is 0.163 e. The summed E-state index contributed by atoms with van der Waals surface area (Å²) in [6.45, 7) is 0. The molecule has 2 aromatic heterocycles. The first-order chi connectivity index (χ1) is 8.74. The van der Waals surface area contributed by atoms with Gasteiger partial charge in [-0.15, -0.1) is 0 Å². The smallest absolute Gasteiger partial charge is 0.163 e. The van der Waals surface area contributed by atoms with Crippen molar-refractivity contribution in [3.05, 3.63) is 42.7 Å². The summed E-state index contributed by atoms with van der Waals surface area (Å²) >= 11 is 0. The molecule has 0 aliphatic carbocycles. The van der Waals surface area contributed by atoms with Crippen molar-refractivity contribution in [3.63, 3.8) is 0 Å². The molecule has 0 fully saturated rings. The van der Waals surface area contributed by atoms with Crippen LogP contribution >= 0.6 is 0 Å². The molecule has 0 saturated heterocycles. The molecule has 0 saturated carbocycles. The maximum absolute atomic E-state index is 5.99. The maximum atomic E-state index is 5.99. The lowest BCUT2D eigenvalue weighted by Crippen LogP contribution is -2.04. The number of anilines is 1. The Morgan fingerprint density at radius 2 is 2.00 bits per heavy atom. The quantitative estimate of drug-likeness (QED) is 0.624. The number of fused-ring (bicyclic) bond motifs is 1. The number of aromatic nitrogens is 3. The minimum absolute atomic E-state index is 0.502. The van der Waals surface area contributed by atoms with Crippen LogP contribution in [0.1, 0.15) is 0 Å². The summed E-state index contributed by atoms with van der Waals surface area (Å²) in [5, 5.41) is 0.891. The van der Waals surface area contributed by atoms with E-state index in [1.54, 1.807) is 12.4 Å². The number of nitrogens with zero attached hydrogens (tertiary/aromatic N) is 3. The average molecular weight is 234 g/mol. The fraction of sp³-hybridized carbons (Fsp3) is 0. The topological polar surface area (TPSA) is 64.7 Å². The summed E-state index contributed by atoms with van der Waals surface area (Å²) in [5.74, 6) is 1.11. The zero-order valence-corrected chi connectivity index (χ0v) is 9.96. The van der Waals surface area contributed by atoms with Gasteiger partial charge in [0.15, 0.2) is 5.82 Å². The largest absolute Gasteiger partial charge is 0.383 e. The Labute approximate surface area is 105 Å². The molecule has 0 radical (unpaired) electrons. The molecule has 0 spiro atoms. The first-order valence-corrected chi connectivity index (χ1v) is 5.68. The van der Waals surface area contributed by atoms with E-state index in [0.29, 0.717) is 11.6 Å². The summed E-state index contributed by atoms with van der Waals surface area (Å²) in [5.41, 5.74) is 8.86. The lowest BCUT2D eigenvalue weighted by atomic mass is 9.95. The highest BCUT2D eigenvalue weighted by atomic mass is 14.9. The van der Waals surface area contributed by atoms with Crippen LogP contribution in [0.5, 0.6) is 0 Å². The normalized spacial score (nSPS) is 10.7. The third kappa shape index (κ3) is 1.80. The van der Waals surface area contributed by atoms with Gasteiger partial charge in [-0.1, -0.05) is 17.6 Å². The van der Waals surface area contributed by atoms with Crippen LogP contribution in [-0.4, -0.2) is 22.8 Å². The molecule has 0 aliphatic heterocycles. The summed E-state index contributed by atoms with van der Waals surface area (Å²) in [6.07, 6.45) is 3.45. The van der Waals surface area contributed by atoms with E-state index in [1.165, 1.54) is 0 Å². The highest BCUT2D eigenvalue weighted by Crippen LogP contribution is 2.21. The Kier molecular flexibility index (Phi) is 2.44. The van der Waals surface area contributed by atoms with Crippen LogP contribution in [0, 0.1) is 0 Å². The average Bonchev–Trinajstić information content (AvgIpc) is 2.40. The number of hydrogen-bond donors (Lipinski definition) is 1. The SMILES string of the molecule is Bc1ccc2nc(-c3cccnc3)nc(N)c2c1. The Morgan fingerprint density at radius 1 is 1.11 bits per heavy atom. The summed E-state index contributed by atoms with van der Waals surface area (Å²) in [4.78, 5) is 12.9. The van der Waals surface area contributed by atoms with Crippen molar-refractivity contribution >= 4 is 30.0 Å². The van der Waals surface area contributed by atoms with Crippen molar-refractivity contribution in [2.45, 2.75) is 0 Å². The van der Waals surface area contributed by atoms with Crippen molar-refractivity contribution in [3.8, 4) is 11.4 Å². The molecule has 2 heterocycles. The van der Waals surface area contributed by atoms with Crippen LogP contribution in [-0.2, 0) is 0 Å². The molecular weight excluding hydrogens is 223 g/mol. The summed E-state index contributed by atoms with van der Waals surface area (Å²) in [7, 11) is 2.02. The van der Waals surface area contributed by atoms with Crippen LogP contribution in [0.2, 0.25) is 0 Å². The van der Waals surface area contributed by atoms with Crippen molar-refractivity contribution in [2.24, 2.45) is 0 Å². The fourth-order valence-corrected chi connectivity index (χ4v) is 1.89. The van der Waals surface area contributed by atoms with Crippen LogP contribution in [0.4, 0.5) is 5.82 Å². The third-order valence-electron chi connectivity index (χ3n) is 2.80. The first-order valence-electron chi connectivity index (χ1n) is 5.68. The Morgan fingerprint density at radius 3 is 2.78 bits per heavy atom. The van der Waals surface area contributed by atoms with E-state index >= 15 is 0 Å². The highest BCUT2D eigenvalue weighted by molar-refractivity contribution is 6.33. The molecule has 3 aromatic rings. The van der Waals surface area contributed by atoms with E-state index in [9.17, 15) is 0 Å². The fourth-order valence-electron chi connectivity index (χ4n) is 1.89. The lowest BCUT2D eigenvalue weighted by molar-refractivity contribution is 1.21. The second-order valence-corrected chi connectivity index (χ2v) is 4.19. The zero-order chi connectivity index (χ0) is 12.5. The molecule has 0 unspecified atom stereocenters. The minimum atomic E-state index is 0.502. The lowest BCUT2D eigenvalue weighted by Gasteiger charge is -2.05. The van der Waals surface area contributed by atoms with Gasteiger partial charge in [-0.05, 0) is 18.2 Å². The van der Waals surface area contributed by atoms with Gasteiger partial charge in [-0.2, -0.15) is 0 Å². The molecule has 3 rings (SSSR count). The van der Waals surface area contributed by atoms with Gasteiger partial charge in [0.05, 0.1) is 5.52 Å². The van der Waals surface area contributed by atoms with Gasteiger partial charge in [0.1, 0.15) is 13.7 Å². The van der Waals surface area contributed by atoms with E-state index in [-0.39, 0.29) is 0 Å². The van der Waals surface area contributed by atoms with E-state index in [4.69, 9.17) is 5.73 Å². The van der Waals surface area contributed by atoms with Crippen molar-refractivity contribution in [1.29, 1.82) is 0 Å². The standard InChI is InChI=1S/C13H11BN4/c14-9-3-4-11-10(6-9)12(15)18-13(17-11)8-2-1-5-16-7-8/h1-7H,14H2,(H2,15,17,18). The van der Waals surface area contributed by atoms with E-state index in [1.807, 2.05) is 38.2 Å². The van der Waals surface area contributed by atoms with Crippen LogP contribution in [0.15, 0.2) is 42.7 Å². The van der Waals surface area contributed by atoms with Crippen LogP contribution in [0.25, 0.3) is 22.3 Å². The molecule has 0 aliphatic rings. The van der Waals surface area contributed by atoms with Crippen LogP contribution < -0.4 is 11.2 Å². The van der Waals surface area contributed by atoms with E-state index in [0.717, 1.165) is 21.9 Å². The van der Waals surface area contributed by atoms with E-state index in [2.05, 4.69) is 15.0 Å². The van der Waals surface area contributed by atoms with Gasteiger partial charge >= 0.3 is 0 Å². The van der Waals surface area contributed by atoms with Gasteiger partial charge in [0.25, 0.3) is 0 Å². The Balaban J connectivity index is 2.25.